The summed E-state index contributed by atoms with van der Waals surface area (Å²) in [5.41, 5.74) is 0.840. The van der Waals surface area contributed by atoms with Gasteiger partial charge < -0.3 is 20.1 Å². The smallest absolute Gasteiger partial charge is 0.387 e. The molecule has 2 aromatic carbocycles. The number of carbonyl (C=O) groups is 2. The Hall–Kier alpha value is -2.91. The van der Waals surface area contributed by atoms with E-state index in [0.29, 0.717) is 22.1 Å². The van der Waals surface area contributed by atoms with Crippen LogP contribution >= 0.6 is 11.6 Å². The van der Waals surface area contributed by atoms with Crippen molar-refractivity contribution in [2.45, 2.75) is 6.61 Å². The second-order valence-electron chi connectivity index (χ2n) is 6.02. The standard InChI is InChI=1S/C19H20ClF2N3O4/c1-25(11-18(27)24-15-9-12(20)3-8-16(15)28-2)10-17(26)23-13-4-6-14(7-5-13)29-19(21)22/h3-9,19H,10-11H2,1-2H3,(H,23,26)(H,24,27). The number of amides is 2. The molecule has 0 bridgehead atoms. The second kappa shape index (κ2) is 10.6. The predicted molar refractivity (Wildman–Crippen MR) is 106 cm³/mol. The molecule has 0 aliphatic rings. The van der Waals surface area contributed by atoms with Crippen LogP contribution in [0.3, 0.4) is 0 Å². The molecule has 10 heteroatoms. The highest BCUT2D eigenvalue weighted by atomic mass is 35.5. The molecule has 0 aromatic heterocycles. The fourth-order valence-electron chi connectivity index (χ4n) is 2.43. The van der Waals surface area contributed by atoms with Crippen molar-refractivity contribution < 1.29 is 27.8 Å². The fraction of sp³-hybridized carbons (Fsp3) is 0.263. The second-order valence-corrected chi connectivity index (χ2v) is 6.45. The lowest BCUT2D eigenvalue weighted by molar-refractivity contribution is -0.119. The van der Waals surface area contributed by atoms with Crippen molar-refractivity contribution in [1.29, 1.82) is 0 Å². The molecule has 0 spiro atoms. The van der Waals surface area contributed by atoms with Gasteiger partial charge in [-0.25, -0.2) is 0 Å². The van der Waals surface area contributed by atoms with Crippen LogP contribution in [0.15, 0.2) is 42.5 Å². The number of methoxy groups -OCH3 is 1. The number of ether oxygens (including phenoxy) is 2. The van der Waals surface area contributed by atoms with E-state index < -0.39 is 6.61 Å². The van der Waals surface area contributed by atoms with Gasteiger partial charge in [-0.2, -0.15) is 8.78 Å². The third-order valence-electron chi connectivity index (χ3n) is 3.63. The molecule has 0 unspecified atom stereocenters. The molecule has 156 valence electrons. The van der Waals surface area contributed by atoms with Crippen LogP contribution < -0.4 is 20.1 Å². The molecule has 0 fully saturated rings. The molecule has 0 saturated heterocycles. The molecule has 0 radical (unpaired) electrons. The minimum Gasteiger partial charge on any atom is -0.495 e. The highest BCUT2D eigenvalue weighted by Crippen LogP contribution is 2.27. The molecule has 7 nitrogen and oxygen atoms in total. The average molecular weight is 428 g/mol. The molecule has 0 heterocycles. The average Bonchev–Trinajstić information content (AvgIpc) is 2.62. The summed E-state index contributed by atoms with van der Waals surface area (Å²) in [7, 11) is 3.08. The molecule has 0 saturated carbocycles. The highest BCUT2D eigenvalue weighted by molar-refractivity contribution is 6.31. The van der Waals surface area contributed by atoms with E-state index in [1.807, 2.05) is 0 Å². The van der Waals surface area contributed by atoms with Gasteiger partial charge in [0.05, 0.1) is 25.9 Å². The number of likely N-dealkylation sites (N-methyl/N-ethyl adjacent to an activating group) is 1. The van der Waals surface area contributed by atoms with E-state index in [-0.39, 0.29) is 30.7 Å². The SMILES string of the molecule is COc1ccc(Cl)cc1NC(=O)CN(C)CC(=O)Nc1ccc(OC(F)F)cc1. The van der Waals surface area contributed by atoms with E-state index in [0.717, 1.165) is 0 Å². The summed E-state index contributed by atoms with van der Waals surface area (Å²) in [6.07, 6.45) is 0. The molecule has 2 rings (SSSR count). The van der Waals surface area contributed by atoms with Crippen LogP contribution in [0.1, 0.15) is 0 Å². The van der Waals surface area contributed by atoms with Crippen LogP contribution in [0.4, 0.5) is 20.2 Å². The Balaban J connectivity index is 1.83. The van der Waals surface area contributed by atoms with Gasteiger partial charge in [0.1, 0.15) is 11.5 Å². The largest absolute Gasteiger partial charge is 0.495 e. The van der Waals surface area contributed by atoms with Crippen molar-refractivity contribution >= 4 is 34.8 Å². The quantitative estimate of drug-likeness (QED) is 0.640. The lowest BCUT2D eigenvalue weighted by Crippen LogP contribution is -2.36. The predicted octanol–water partition coefficient (Wildman–Crippen LogP) is 3.46. The Morgan fingerprint density at radius 2 is 1.69 bits per heavy atom. The number of halogens is 3. The zero-order valence-corrected chi connectivity index (χ0v) is 16.5. The summed E-state index contributed by atoms with van der Waals surface area (Å²) >= 11 is 5.93. The van der Waals surface area contributed by atoms with E-state index >= 15 is 0 Å². The topological polar surface area (TPSA) is 79.9 Å². The van der Waals surface area contributed by atoms with Gasteiger partial charge in [0.15, 0.2) is 0 Å². The van der Waals surface area contributed by atoms with Gasteiger partial charge in [0.25, 0.3) is 0 Å². The van der Waals surface area contributed by atoms with Crippen LogP contribution in [0.5, 0.6) is 11.5 Å². The minimum atomic E-state index is -2.91. The van der Waals surface area contributed by atoms with Crippen LogP contribution in [0, 0.1) is 0 Å². The van der Waals surface area contributed by atoms with Crippen LogP contribution in [-0.2, 0) is 9.59 Å². The van der Waals surface area contributed by atoms with E-state index in [2.05, 4.69) is 15.4 Å². The summed E-state index contributed by atoms with van der Waals surface area (Å²) in [4.78, 5) is 25.8. The monoisotopic (exact) mass is 427 g/mol. The van der Waals surface area contributed by atoms with Crippen molar-refractivity contribution in [3.63, 3.8) is 0 Å². The first-order valence-electron chi connectivity index (χ1n) is 8.43. The van der Waals surface area contributed by atoms with Crippen molar-refractivity contribution in [3.05, 3.63) is 47.5 Å². The summed E-state index contributed by atoms with van der Waals surface area (Å²) in [5.74, 6) is -0.275. The zero-order chi connectivity index (χ0) is 21.4. The van der Waals surface area contributed by atoms with Crippen molar-refractivity contribution in [2.24, 2.45) is 0 Å². The van der Waals surface area contributed by atoms with Gasteiger partial charge >= 0.3 is 6.61 Å². The summed E-state index contributed by atoms with van der Waals surface area (Å²) in [6, 6.07) is 10.3. The van der Waals surface area contributed by atoms with Crippen molar-refractivity contribution in [2.75, 3.05) is 37.9 Å². The number of hydrogen-bond donors (Lipinski definition) is 2. The maximum atomic E-state index is 12.2. The lowest BCUT2D eigenvalue weighted by Gasteiger charge is -2.17. The van der Waals surface area contributed by atoms with Crippen molar-refractivity contribution in [3.8, 4) is 11.5 Å². The first-order valence-corrected chi connectivity index (χ1v) is 8.81. The van der Waals surface area contributed by atoms with Gasteiger partial charge in [-0.1, -0.05) is 11.6 Å². The number of nitrogens with one attached hydrogen (secondary N) is 2. The zero-order valence-electron chi connectivity index (χ0n) is 15.7. The summed E-state index contributed by atoms with van der Waals surface area (Å²) in [6.45, 7) is -3.03. The Kier molecular flexibility index (Phi) is 8.17. The first kappa shape index (κ1) is 22.4. The maximum Gasteiger partial charge on any atom is 0.387 e. The Labute approximate surface area is 171 Å². The number of alkyl halides is 2. The summed E-state index contributed by atoms with van der Waals surface area (Å²) < 4.78 is 33.7. The Bertz CT molecular complexity index is 850. The number of nitrogens with zero attached hydrogens (tertiary/aromatic N) is 1. The highest BCUT2D eigenvalue weighted by Gasteiger charge is 2.13. The molecule has 2 aromatic rings. The van der Waals surface area contributed by atoms with Gasteiger partial charge in [-0.05, 0) is 49.5 Å². The number of benzene rings is 2. The maximum absolute atomic E-state index is 12.2. The number of carbonyl (C=O) groups excluding carboxylic acids is 2. The van der Waals surface area contributed by atoms with E-state index in [9.17, 15) is 18.4 Å². The lowest BCUT2D eigenvalue weighted by atomic mass is 10.3. The van der Waals surface area contributed by atoms with Crippen LogP contribution in [0.2, 0.25) is 5.02 Å². The van der Waals surface area contributed by atoms with Gasteiger partial charge in [0.2, 0.25) is 11.8 Å². The molecule has 0 atom stereocenters. The number of hydrogen-bond acceptors (Lipinski definition) is 5. The number of anilines is 2. The van der Waals surface area contributed by atoms with Crippen LogP contribution in [0.25, 0.3) is 0 Å². The molecule has 0 aliphatic carbocycles. The van der Waals surface area contributed by atoms with E-state index in [4.69, 9.17) is 16.3 Å². The van der Waals surface area contributed by atoms with Gasteiger partial charge in [-0.3, -0.25) is 14.5 Å². The molecular weight excluding hydrogens is 408 g/mol. The summed E-state index contributed by atoms with van der Waals surface area (Å²) in [5, 5.41) is 5.73. The molecule has 0 aliphatic heterocycles. The fourth-order valence-corrected chi connectivity index (χ4v) is 2.61. The number of rotatable bonds is 9. The third kappa shape index (κ3) is 7.55. The van der Waals surface area contributed by atoms with Crippen LogP contribution in [-0.4, -0.2) is 50.6 Å². The van der Waals surface area contributed by atoms with Crippen molar-refractivity contribution in [1.82, 2.24) is 4.90 Å². The molecule has 29 heavy (non-hydrogen) atoms. The molecular formula is C19H20ClF2N3O4. The minimum absolute atomic E-state index is 0.0109. The Morgan fingerprint density at radius 3 is 2.28 bits per heavy atom. The third-order valence-corrected chi connectivity index (χ3v) is 3.86. The Morgan fingerprint density at radius 1 is 1.07 bits per heavy atom. The van der Waals surface area contributed by atoms with Gasteiger partial charge in [-0.15, -0.1) is 0 Å². The normalized spacial score (nSPS) is 10.7. The van der Waals surface area contributed by atoms with E-state index in [1.54, 1.807) is 25.2 Å². The molecule has 2 N–H and O–H groups in total. The molecule has 2 amide bonds. The van der Waals surface area contributed by atoms with Gasteiger partial charge in [0, 0.05) is 10.7 Å². The first-order chi connectivity index (χ1) is 13.8. The van der Waals surface area contributed by atoms with E-state index in [1.165, 1.54) is 36.3 Å².